The fraction of sp³-hybridized carbons (Fsp3) is 0.368. The first-order valence-electron chi connectivity index (χ1n) is 8.05. The van der Waals surface area contributed by atoms with Gasteiger partial charge in [0.05, 0.1) is 5.56 Å². The molecule has 3 nitrogen and oxygen atoms in total. The number of fused-ring (bicyclic) bond motifs is 1. The highest BCUT2D eigenvalue weighted by Crippen LogP contribution is 2.40. The van der Waals surface area contributed by atoms with Gasteiger partial charge >= 0.3 is 0 Å². The summed E-state index contributed by atoms with van der Waals surface area (Å²) in [5.74, 6) is 0.567. The van der Waals surface area contributed by atoms with Gasteiger partial charge in [-0.3, -0.25) is 4.79 Å². The second kappa shape index (κ2) is 6.55. The molecule has 0 bridgehead atoms. The molecule has 1 N–H and O–H groups in total. The van der Waals surface area contributed by atoms with E-state index in [9.17, 15) is 10.1 Å². The zero-order valence-corrected chi connectivity index (χ0v) is 14.3. The molecule has 1 atom stereocenters. The van der Waals surface area contributed by atoms with Crippen LogP contribution in [0.1, 0.15) is 51.7 Å². The lowest BCUT2D eigenvalue weighted by atomic mass is 9.86. The number of nitrogens with zero attached hydrogens (tertiary/aromatic N) is 1. The molecule has 118 valence electrons. The molecule has 0 fully saturated rings. The minimum absolute atomic E-state index is 0.134. The molecule has 0 saturated carbocycles. The number of carbonyl (C=O) groups excluding carboxylic acids is 1. The maximum Gasteiger partial charge on any atom is 0.256 e. The van der Waals surface area contributed by atoms with Crippen LogP contribution in [0.25, 0.3) is 0 Å². The molecule has 0 aliphatic heterocycles. The maximum atomic E-state index is 12.5. The average molecular weight is 324 g/mol. The van der Waals surface area contributed by atoms with Crippen LogP contribution >= 0.6 is 11.3 Å². The van der Waals surface area contributed by atoms with E-state index in [1.165, 1.54) is 11.3 Å². The topological polar surface area (TPSA) is 52.9 Å². The van der Waals surface area contributed by atoms with E-state index in [1.807, 2.05) is 31.2 Å². The second-order valence-electron chi connectivity index (χ2n) is 6.11. The van der Waals surface area contributed by atoms with Crippen molar-refractivity contribution in [3.63, 3.8) is 0 Å². The Balaban J connectivity index is 1.90. The van der Waals surface area contributed by atoms with Crippen molar-refractivity contribution in [1.29, 1.82) is 5.26 Å². The zero-order valence-electron chi connectivity index (χ0n) is 13.5. The van der Waals surface area contributed by atoms with Crippen LogP contribution in [0, 0.1) is 24.2 Å². The number of aryl methyl sites for hydroxylation is 1. The molecule has 4 heteroatoms. The van der Waals surface area contributed by atoms with E-state index in [1.54, 1.807) is 11.3 Å². The summed E-state index contributed by atoms with van der Waals surface area (Å²) in [5, 5.41) is 13.2. The van der Waals surface area contributed by atoms with Gasteiger partial charge in [0, 0.05) is 10.4 Å². The molecule has 0 spiro atoms. The van der Waals surface area contributed by atoms with Crippen molar-refractivity contribution in [3.05, 3.63) is 51.4 Å². The standard InChI is InChI=1S/C19H20N2OS/c1-3-13-8-9-15-16(11-20)19(23-17(15)10-13)21-18(22)14-7-5-4-6-12(14)2/h4-7,13H,3,8-10H2,1-2H3,(H,21,22). The van der Waals surface area contributed by atoms with E-state index < -0.39 is 0 Å². The first-order chi connectivity index (χ1) is 11.1. The van der Waals surface area contributed by atoms with Crippen LogP contribution in [0.2, 0.25) is 0 Å². The van der Waals surface area contributed by atoms with E-state index in [-0.39, 0.29) is 5.91 Å². The summed E-state index contributed by atoms with van der Waals surface area (Å²) >= 11 is 1.58. The number of hydrogen-bond donors (Lipinski definition) is 1. The maximum absolute atomic E-state index is 12.5. The molecular weight excluding hydrogens is 304 g/mol. The molecule has 1 heterocycles. The van der Waals surface area contributed by atoms with Crippen molar-refractivity contribution >= 4 is 22.2 Å². The molecule has 0 saturated heterocycles. The zero-order chi connectivity index (χ0) is 16.4. The summed E-state index contributed by atoms with van der Waals surface area (Å²) in [4.78, 5) is 13.8. The van der Waals surface area contributed by atoms with Crippen LogP contribution in [0.4, 0.5) is 5.00 Å². The lowest BCUT2D eigenvalue weighted by molar-refractivity contribution is 0.102. The van der Waals surface area contributed by atoms with Gasteiger partial charge in [-0.1, -0.05) is 31.5 Å². The van der Waals surface area contributed by atoms with Gasteiger partial charge in [-0.15, -0.1) is 11.3 Å². The van der Waals surface area contributed by atoms with E-state index >= 15 is 0 Å². The van der Waals surface area contributed by atoms with Crippen LogP contribution < -0.4 is 5.32 Å². The van der Waals surface area contributed by atoms with Crippen molar-refractivity contribution in [2.75, 3.05) is 5.32 Å². The molecule has 2 aromatic rings. The van der Waals surface area contributed by atoms with Crippen LogP contribution in [-0.4, -0.2) is 5.91 Å². The number of hydrogen-bond acceptors (Lipinski definition) is 3. The van der Waals surface area contributed by atoms with E-state index in [0.717, 1.165) is 30.4 Å². The Labute approximate surface area is 141 Å². The lowest BCUT2D eigenvalue weighted by Crippen LogP contribution is -2.13. The normalized spacial score (nSPS) is 16.5. The van der Waals surface area contributed by atoms with E-state index in [4.69, 9.17) is 0 Å². The monoisotopic (exact) mass is 324 g/mol. The summed E-state index contributed by atoms with van der Waals surface area (Å²) in [6.45, 7) is 4.14. The number of carbonyl (C=O) groups is 1. The summed E-state index contributed by atoms with van der Waals surface area (Å²) in [6.07, 6.45) is 4.29. The fourth-order valence-electron chi connectivity index (χ4n) is 3.21. The first kappa shape index (κ1) is 15.8. The highest BCUT2D eigenvalue weighted by Gasteiger charge is 2.26. The van der Waals surface area contributed by atoms with Gasteiger partial charge in [0.2, 0.25) is 0 Å². The van der Waals surface area contributed by atoms with Crippen LogP contribution in [-0.2, 0) is 12.8 Å². The van der Waals surface area contributed by atoms with Gasteiger partial charge in [0.1, 0.15) is 11.1 Å². The van der Waals surface area contributed by atoms with E-state index in [0.29, 0.717) is 22.0 Å². The number of benzene rings is 1. The summed E-state index contributed by atoms with van der Waals surface area (Å²) in [5.41, 5.74) is 3.42. The van der Waals surface area contributed by atoms with E-state index in [2.05, 4.69) is 18.3 Å². The molecular formula is C19H20N2OS. The molecule has 1 aromatic carbocycles. The average Bonchev–Trinajstić information content (AvgIpc) is 2.90. The summed E-state index contributed by atoms with van der Waals surface area (Å²) in [7, 11) is 0. The molecule has 1 aromatic heterocycles. The predicted molar refractivity (Wildman–Crippen MR) is 94.0 cm³/mol. The Bertz CT molecular complexity index is 785. The van der Waals surface area contributed by atoms with Crippen LogP contribution in [0.15, 0.2) is 24.3 Å². The molecule has 3 rings (SSSR count). The van der Waals surface area contributed by atoms with Crippen molar-refractivity contribution < 1.29 is 4.79 Å². The van der Waals surface area contributed by atoms with Gasteiger partial charge in [-0.2, -0.15) is 5.26 Å². The van der Waals surface area contributed by atoms with Crippen LogP contribution in [0.3, 0.4) is 0 Å². The third kappa shape index (κ3) is 3.02. The van der Waals surface area contributed by atoms with Gasteiger partial charge in [-0.25, -0.2) is 0 Å². The number of thiophene rings is 1. The number of nitrogens with one attached hydrogen (secondary N) is 1. The molecule has 1 aliphatic rings. The Morgan fingerprint density at radius 2 is 2.22 bits per heavy atom. The van der Waals surface area contributed by atoms with Gasteiger partial charge < -0.3 is 5.32 Å². The molecule has 1 unspecified atom stereocenters. The number of amides is 1. The third-order valence-corrected chi connectivity index (χ3v) is 5.84. The minimum Gasteiger partial charge on any atom is -0.312 e. The molecule has 1 aliphatic carbocycles. The first-order valence-corrected chi connectivity index (χ1v) is 8.87. The number of anilines is 1. The Morgan fingerprint density at radius 1 is 1.43 bits per heavy atom. The van der Waals surface area contributed by atoms with Crippen molar-refractivity contribution in [3.8, 4) is 6.07 Å². The summed E-state index contributed by atoms with van der Waals surface area (Å²) < 4.78 is 0. The largest absolute Gasteiger partial charge is 0.312 e. The fourth-order valence-corrected chi connectivity index (χ4v) is 4.51. The highest BCUT2D eigenvalue weighted by atomic mass is 32.1. The molecule has 0 radical (unpaired) electrons. The lowest BCUT2D eigenvalue weighted by Gasteiger charge is -2.20. The minimum atomic E-state index is -0.134. The van der Waals surface area contributed by atoms with Crippen molar-refractivity contribution in [2.24, 2.45) is 5.92 Å². The summed E-state index contributed by atoms with van der Waals surface area (Å²) in [6, 6.07) is 9.82. The molecule has 23 heavy (non-hydrogen) atoms. The smallest absolute Gasteiger partial charge is 0.256 e. The van der Waals surface area contributed by atoms with Crippen molar-refractivity contribution in [2.45, 2.75) is 39.5 Å². The van der Waals surface area contributed by atoms with Gasteiger partial charge in [0.25, 0.3) is 5.91 Å². The number of rotatable bonds is 3. The predicted octanol–water partition coefficient (Wildman–Crippen LogP) is 4.70. The Morgan fingerprint density at radius 3 is 2.91 bits per heavy atom. The van der Waals surface area contributed by atoms with Crippen LogP contribution in [0.5, 0.6) is 0 Å². The highest BCUT2D eigenvalue weighted by molar-refractivity contribution is 7.16. The van der Waals surface area contributed by atoms with Crippen molar-refractivity contribution in [1.82, 2.24) is 0 Å². The molecule has 1 amide bonds. The Kier molecular flexibility index (Phi) is 4.49. The quantitative estimate of drug-likeness (QED) is 0.890. The third-order valence-electron chi connectivity index (χ3n) is 4.67. The number of nitriles is 1. The van der Waals surface area contributed by atoms with Gasteiger partial charge in [0.15, 0.2) is 0 Å². The second-order valence-corrected chi connectivity index (χ2v) is 7.21. The Hall–Kier alpha value is -2.12. The van der Waals surface area contributed by atoms with Gasteiger partial charge in [-0.05, 0) is 49.3 Å². The SMILES string of the molecule is CCC1CCc2c(sc(NC(=O)c3ccccc3C)c2C#N)C1.